The van der Waals surface area contributed by atoms with E-state index in [0.717, 1.165) is 30.4 Å². The third-order valence-corrected chi connectivity index (χ3v) is 8.17. The Labute approximate surface area is 195 Å². The summed E-state index contributed by atoms with van der Waals surface area (Å²) >= 11 is 0. The minimum atomic E-state index is -1.03. The monoisotopic (exact) mass is 446 g/mol. The van der Waals surface area contributed by atoms with Crippen LogP contribution in [0.3, 0.4) is 0 Å². The maximum absolute atomic E-state index is 12.2. The number of hydrogen-bond acceptors (Lipinski definition) is 3. The summed E-state index contributed by atoms with van der Waals surface area (Å²) in [5, 5.41) is 20.6. The second kappa shape index (κ2) is 10.5. The minimum absolute atomic E-state index is 0.324. The number of hydrogen-bond donors (Lipinski definition) is 2. The van der Waals surface area contributed by atoms with Crippen LogP contribution >= 0.6 is 0 Å². The van der Waals surface area contributed by atoms with Crippen LogP contribution in [0.25, 0.3) is 0 Å². The first kappa shape index (κ1) is 26.6. The summed E-state index contributed by atoms with van der Waals surface area (Å²) in [6.45, 7) is 14.5. The van der Waals surface area contributed by atoms with Crippen LogP contribution in [0.2, 0.25) is 0 Å². The van der Waals surface area contributed by atoms with E-state index in [2.05, 4.69) is 18.8 Å². The molecule has 2 fully saturated rings. The Morgan fingerprint density at radius 1 is 1.25 bits per heavy atom. The average Bonchev–Trinajstić information content (AvgIpc) is 3.51. The molecule has 0 aliphatic heterocycles. The van der Waals surface area contributed by atoms with Gasteiger partial charge < -0.3 is 10.2 Å². The molecule has 1 unspecified atom stereocenters. The Balaban J connectivity index is 2.21. The highest BCUT2D eigenvalue weighted by molar-refractivity contribution is 5.83. The molecule has 0 bridgehead atoms. The number of unbranched alkanes of at least 4 members (excludes halogenated alkanes) is 1. The number of rotatable bonds is 10. The van der Waals surface area contributed by atoms with Gasteiger partial charge in [0.2, 0.25) is 0 Å². The highest BCUT2D eigenvalue weighted by Crippen LogP contribution is 2.68. The van der Waals surface area contributed by atoms with Crippen molar-refractivity contribution in [3.05, 3.63) is 23.0 Å². The lowest BCUT2D eigenvalue weighted by molar-refractivity contribution is 0.0346. The molecule has 2 aliphatic carbocycles. The Morgan fingerprint density at radius 3 is 2.38 bits per heavy atom. The van der Waals surface area contributed by atoms with E-state index in [0.29, 0.717) is 29.1 Å². The van der Waals surface area contributed by atoms with E-state index in [1.54, 1.807) is 26.1 Å². The van der Waals surface area contributed by atoms with Gasteiger partial charge in [-0.1, -0.05) is 39.2 Å². The van der Waals surface area contributed by atoms with E-state index in [-0.39, 0.29) is 0 Å². The van der Waals surface area contributed by atoms with Gasteiger partial charge in [-0.25, -0.2) is 9.79 Å². The topological polar surface area (TPSA) is 73.1 Å². The third kappa shape index (κ3) is 6.03. The molecule has 2 aliphatic rings. The fraction of sp³-hybridized carbons (Fsp3) is 0.778. The highest BCUT2D eigenvalue weighted by Gasteiger charge is 2.58. The molecular weight excluding hydrogens is 400 g/mol. The predicted octanol–water partition coefficient (Wildman–Crippen LogP) is 7.17. The molecule has 0 aromatic rings. The van der Waals surface area contributed by atoms with Crippen LogP contribution in [-0.2, 0) is 0 Å². The Morgan fingerprint density at radius 2 is 1.91 bits per heavy atom. The summed E-state index contributed by atoms with van der Waals surface area (Å²) < 4.78 is 0. The van der Waals surface area contributed by atoms with Gasteiger partial charge in [0.25, 0.3) is 0 Å². The smallest absolute Gasteiger partial charge is 0.413 e. The molecule has 32 heavy (non-hydrogen) atoms. The number of nitrogens with zero attached hydrogens (tertiary/aromatic N) is 2. The molecule has 0 aromatic carbocycles. The molecule has 2 rings (SSSR count). The Hall–Kier alpha value is -1.62. The number of amides is 1. The van der Waals surface area contributed by atoms with Gasteiger partial charge in [0, 0.05) is 18.3 Å². The number of aliphatic hydroxyl groups is 1. The van der Waals surface area contributed by atoms with Crippen molar-refractivity contribution in [2.24, 2.45) is 21.7 Å². The van der Waals surface area contributed by atoms with Crippen molar-refractivity contribution < 1.29 is 15.0 Å². The van der Waals surface area contributed by atoms with Gasteiger partial charge in [0.1, 0.15) is 5.82 Å². The molecular formula is C27H46N2O3. The van der Waals surface area contributed by atoms with Crippen LogP contribution in [-0.4, -0.2) is 39.6 Å². The molecule has 1 amide bonds. The van der Waals surface area contributed by atoms with Crippen molar-refractivity contribution in [3.63, 3.8) is 0 Å². The average molecular weight is 447 g/mol. The summed E-state index contributed by atoms with van der Waals surface area (Å²) in [5.41, 5.74) is 1.60. The van der Waals surface area contributed by atoms with Gasteiger partial charge >= 0.3 is 6.09 Å². The van der Waals surface area contributed by atoms with Gasteiger partial charge in [-0.05, 0) is 95.5 Å². The number of aliphatic imine (C=N–C) groups is 1. The van der Waals surface area contributed by atoms with Crippen LogP contribution in [0.1, 0.15) is 106 Å². The fourth-order valence-electron chi connectivity index (χ4n) is 5.77. The zero-order valence-corrected chi connectivity index (χ0v) is 21.5. The van der Waals surface area contributed by atoms with E-state index in [1.807, 2.05) is 20.8 Å². The summed E-state index contributed by atoms with van der Waals surface area (Å²) in [4.78, 5) is 18.2. The number of carboxylic acid groups (broad SMARTS) is 1. The SMILES string of the molecule is C\C=C(/N=C\C(=C(/C)CC)C(C)(C)O)N(CC1CCC2(CC2)[C@](C)(CCCC)C1)C(=O)O. The number of carbonyl (C=O) groups is 1. The molecule has 182 valence electrons. The van der Waals surface area contributed by atoms with Crippen molar-refractivity contribution in [1.29, 1.82) is 0 Å². The van der Waals surface area contributed by atoms with Crippen LogP contribution < -0.4 is 0 Å². The zero-order chi connectivity index (χ0) is 24.2. The van der Waals surface area contributed by atoms with E-state index >= 15 is 0 Å². The first-order chi connectivity index (χ1) is 14.9. The number of allylic oxidation sites excluding steroid dienone is 2. The molecule has 1 spiro atoms. The Kier molecular flexibility index (Phi) is 8.77. The van der Waals surface area contributed by atoms with Gasteiger partial charge in [-0.2, -0.15) is 0 Å². The second-order valence-electron chi connectivity index (χ2n) is 11.0. The first-order valence-corrected chi connectivity index (χ1v) is 12.6. The van der Waals surface area contributed by atoms with Crippen molar-refractivity contribution in [3.8, 4) is 0 Å². The maximum atomic E-state index is 12.2. The largest absolute Gasteiger partial charge is 0.465 e. The summed E-state index contributed by atoms with van der Waals surface area (Å²) in [6, 6.07) is 0. The van der Waals surface area contributed by atoms with Crippen LogP contribution in [0.5, 0.6) is 0 Å². The van der Waals surface area contributed by atoms with E-state index in [4.69, 9.17) is 0 Å². The molecule has 5 heteroatoms. The normalized spacial score (nSPS) is 26.4. The molecule has 0 aromatic heterocycles. The Bertz CT molecular complexity index is 755. The fourth-order valence-corrected chi connectivity index (χ4v) is 5.77. The molecule has 2 N–H and O–H groups in total. The van der Waals surface area contributed by atoms with Crippen molar-refractivity contribution in [2.75, 3.05) is 6.54 Å². The lowest BCUT2D eigenvalue weighted by Gasteiger charge is -2.47. The van der Waals surface area contributed by atoms with Crippen LogP contribution in [0, 0.1) is 16.7 Å². The van der Waals surface area contributed by atoms with Crippen molar-refractivity contribution >= 4 is 12.3 Å². The van der Waals surface area contributed by atoms with Gasteiger partial charge in [0.05, 0.1) is 5.60 Å². The van der Waals surface area contributed by atoms with Gasteiger partial charge in [0.15, 0.2) is 0 Å². The summed E-state index contributed by atoms with van der Waals surface area (Å²) in [7, 11) is 0. The van der Waals surface area contributed by atoms with Crippen LogP contribution in [0.4, 0.5) is 4.79 Å². The predicted molar refractivity (Wildman–Crippen MR) is 133 cm³/mol. The molecule has 0 heterocycles. The molecule has 2 atom stereocenters. The van der Waals surface area contributed by atoms with E-state index in [1.165, 1.54) is 43.4 Å². The summed E-state index contributed by atoms with van der Waals surface area (Å²) in [5.74, 6) is 0.788. The quantitative estimate of drug-likeness (QED) is 0.349. The molecule has 5 nitrogen and oxygen atoms in total. The van der Waals surface area contributed by atoms with Gasteiger partial charge in [-0.3, -0.25) is 4.90 Å². The zero-order valence-electron chi connectivity index (χ0n) is 21.5. The standard InChI is InChI=1S/C27H46N2O3/c1-8-11-13-26(7)17-21(12-14-27(26)15-16-27)19-29(24(30)31)23(10-3)28-18-22(20(4)9-2)25(5,6)32/h10,18,21,32H,8-9,11-17,19H2,1-7H3,(H,30,31)/b22-20-,23-10+,28-18-/t21?,26-/m1/s1. The lowest BCUT2D eigenvalue weighted by atomic mass is 9.59. The first-order valence-electron chi connectivity index (χ1n) is 12.6. The highest BCUT2D eigenvalue weighted by atomic mass is 16.4. The van der Waals surface area contributed by atoms with Gasteiger partial charge in [-0.15, -0.1) is 0 Å². The van der Waals surface area contributed by atoms with Crippen LogP contribution in [0.15, 0.2) is 28.0 Å². The molecule has 0 radical (unpaired) electrons. The van der Waals surface area contributed by atoms with Crippen molar-refractivity contribution in [1.82, 2.24) is 4.90 Å². The molecule has 0 saturated heterocycles. The summed E-state index contributed by atoms with van der Waals surface area (Å²) in [6.07, 6.45) is 13.1. The third-order valence-electron chi connectivity index (χ3n) is 8.17. The van der Waals surface area contributed by atoms with E-state index < -0.39 is 11.7 Å². The maximum Gasteiger partial charge on any atom is 0.413 e. The van der Waals surface area contributed by atoms with E-state index in [9.17, 15) is 15.0 Å². The molecule has 2 saturated carbocycles. The minimum Gasteiger partial charge on any atom is -0.465 e. The van der Waals surface area contributed by atoms with Crippen molar-refractivity contribution in [2.45, 2.75) is 112 Å². The second-order valence-corrected chi connectivity index (χ2v) is 11.0. The lowest BCUT2D eigenvalue weighted by Crippen LogP contribution is -2.41.